The molecule has 1 N–H and O–H groups in total. The first-order valence-corrected chi connectivity index (χ1v) is 12.6. The molecule has 3 aromatic carbocycles. The minimum atomic E-state index is -3.60. The molecule has 1 aliphatic carbocycles. The lowest BCUT2D eigenvalue weighted by Crippen LogP contribution is -2.27. The number of hydrogen-bond donors (Lipinski definition) is 1. The number of nitrogens with one attached hydrogen (secondary N) is 1. The zero-order valence-electron chi connectivity index (χ0n) is 19.7. The molecule has 182 valence electrons. The Morgan fingerprint density at radius 3 is 2.49 bits per heavy atom. The summed E-state index contributed by atoms with van der Waals surface area (Å²) < 4.78 is 42.8. The van der Waals surface area contributed by atoms with Gasteiger partial charge in [-0.2, -0.15) is 0 Å². The van der Waals surface area contributed by atoms with Crippen molar-refractivity contribution in [2.75, 3.05) is 33.3 Å². The van der Waals surface area contributed by atoms with E-state index in [9.17, 15) is 13.2 Å². The van der Waals surface area contributed by atoms with E-state index in [1.807, 2.05) is 24.3 Å². The Morgan fingerprint density at radius 1 is 1.00 bits per heavy atom. The highest BCUT2D eigenvalue weighted by Crippen LogP contribution is 2.51. The van der Waals surface area contributed by atoms with Gasteiger partial charge in [0.15, 0.2) is 11.5 Å². The second-order valence-corrected chi connectivity index (χ2v) is 11.0. The third-order valence-corrected chi connectivity index (χ3v) is 8.30. The Hall–Kier alpha value is -3.56. The van der Waals surface area contributed by atoms with E-state index in [-0.39, 0.29) is 17.6 Å². The van der Waals surface area contributed by atoms with E-state index in [4.69, 9.17) is 14.2 Å². The van der Waals surface area contributed by atoms with Crippen LogP contribution >= 0.6 is 0 Å². The minimum Gasteiger partial charge on any atom is -0.496 e. The maximum atomic E-state index is 13.4. The lowest BCUT2D eigenvalue weighted by atomic mass is 9.94. The molecule has 0 radical (unpaired) electrons. The molecule has 5 rings (SSSR count). The van der Waals surface area contributed by atoms with E-state index in [1.54, 1.807) is 43.5 Å². The van der Waals surface area contributed by atoms with Crippen molar-refractivity contribution in [1.82, 2.24) is 4.31 Å². The van der Waals surface area contributed by atoms with Crippen molar-refractivity contribution in [3.8, 4) is 28.4 Å². The van der Waals surface area contributed by atoms with Crippen LogP contribution < -0.4 is 19.5 Å². The molecular weight excluding hydrogens is 468 g/mol. The van der Waals surface area contributed by atoms with E-state index in [1.165, 1.54) is 18.4 Å². The van der Waals surface area contributed by atoms with E-state index >= 15 is 0 Å². The van der Waals surface area contributed by atoms with Gasteiger partial charge in [-0.05, 0) is 66.4 Å². The number of carbonyl (C=O) groups is 1. The molecule has 0 unspecified atom stereocenters. The molecule has 1 aliphatic heterocycles. The van der Waals surface area contributed by atoms with E-state index < -0.39 is 15.4 Å². The van der Waals surface area contributed by atoms with Crippen LogP contribution in [0.2, 0.25) is 0 Å². The number of fused-ring (bicyclic) bond motifs is 1. The van der Waals surface area contributed by atoms with Crippen LogP contribution in [0.15, 0.2) is 65.6 Å². The van der Waals surface area contributed by atoms with Crippen molar-refractivity contribution >= 4 is 21.6 Å². The molecule has 0 spiro atoms. The molecule has 1 amide bonds. The molecule has 1 heterocycles. The Kier molecular flexibility index (Phi) is 5.69. The van der Waals surface area contributed by atoms with Crippen LogP contribution in [0.25, 0.3) is 11.1 Å². The van der Waals surface area contributed by atoms with Crippen LogP contribution in [0.5, 0.6) is 17.2 Å². The number of carbonyl (C=O) groups excluding carboxylic acids is 1. The van der Waals surface area contributed by atoms with Crippen LogP contribution in [0, 0.1) is 0 Å². The third-order valence-electron chi connectivity index (χ3n) is 6.49. The van der Waals surface area contributed by atoms with E-state index in [0.717, 1.165) is 18.4 Å². The largest absolute Gasteiger partial charge is 0.496 e. The molecule has 1 fully saturated rings. The summed E-state index contributed by atoms with van der Waals surface area (Å²) in [5.74, 6) is 1.81. The fraction of sp³-hybridized carbons (Fsp3) is 0.269. The van der Waals surface area contributed by atoms with Crippen molar-refractivity contribution in [2.24, 2.45) is 0 Å². The van der Waals surface area contributed by atoms with Crippen molar-refractivity contribution in [1.29, 1.82) is 0 Å². The zero-order chi connectivity index (χ0) is 24.8. The van der Waals surface area contributed by atoms with Gasteiger partial charge in [0.1, 0.15) is 5.75 Å². The van der Waals surface area contributed by atoms with Crippen LogP contribution in [0.1, 0.15) is 18.4 Å². The highest BCUT2D eigenvalue weighted by molar-refractivity contribution is 7.89. The summed E-state index contributed by atoms with van der Waals surface area (Å²) in [5, 5.41) is 3.04. The molecule has 0 atom stereocenters. The van der Waals surface area contributed by atoms with Gasteiger partial charge in [0.05, 0.1) is 17.4 Å². The Labute approximate surface area is 204 Å². The summed E-state index contributed by atoms with van der Waals surface area (Å²) in [5.41, 5.74) is 2.22. The molecule has 0 aromatic heterocycles. The first kappa shape index (κ1) is 23.2. The maximum Gasteiger partial charge on any atom is 0.242 e. The molecule has 35 heavy (non-hydrogen) atoms. The Bertz CT molecular complexity index is 1410. The average Bonchev–Trinajstić information content (AvgIpc) is 3.54. The van der Waals surface area contributed by atoms with Crippen molar-refractivity contribution in [2.45, 2.75) is 23.2 Å². The van der Waals surface area contributed by atoms with Gasteiger partial charge in [-0.15, -0.1) is 0 Å². The van der Waals surface area contributed by atoms with Crippen LogP contribution in [-0.2, 0) is 20.2 Å². The normalized spacial score (nSPS) is 15.7. The first-order chi connectivity index (χ1) is 16.7. The summed E-state index contributed by atoms with van der Waals surface area (Å²) in [7, 11) is 0.939. The summed E-state index contributed by atoms with van der Waals surface area (Å²) in [6, 6.07) is 17.6. The topological polar surface area (TPSA) is 94.2 Å². The van der Waals surface area contributed by atoms with Crippen molar-refractivity contribution in [3.05, 3.63) is 66.2 Å². The van der Waals surface area contributed by atoms with Gasteiger partial charge >= 0.3 is 0 Å². The molecule has 3 aromatic rings. The van der Waals surface area contributed by atoms with Gasteiger partial charge in [-0.3, -0.25) is 4.79 Å². The quantitative estimate of drug-likeness (QED) is 0.533. The summed E-state index contributed by atoms with van der Waals surface area (Å²) >= 11 is 0. The molecule has 0 saturated heterocycles. The van der Waals surface area contributed by atoms with Crippen LogP contribution in [0.4, 0.5) is 5.69 Å². The van der Waals surface area contributed by atoms with Gasteiger partial charge in [-0.1, -0.05) is 18.2 Å². The molecular formula is C26H26N2O6S. The highest BCUT2D eigenvalue weighted by atomic mass is 32.2. The minimum absolute atomic E-state index is 0.101. The second kappa shape index (κ2) is 8.58. The number of methoxy groups -OCH3 is 1. The lowest BCUT2D eigenvalue weighted by Gasteiger charge is -2.18. The summed E-state index contributed by atoms with van der Waals surface area (Å²) in [4.78, 5) is 13.5. The fourth-order valence-corrected chi connectivity index (χ4v) is 5.21. The number of benzene rings is 3. The highest BCUT2D eigenvalue weighted by Gasteiger charge is 2.51. The van der Waals surface area contributed by atoms with E-state index in [0.29, 0.717) is 34.1 Å². The number of anilines is 1. The number of amides is 1. The number of nitrogens with zero attached hydrogens (tertiary/aromatic N) is 1. The monoisotopic (exact) mass is 494 g/mol. The van der Waals surface area contributed by atoms with Crippen molar-refractivity contribution < 1.29 is 27.4 Å². The molecule has 0 bridgehead atoms. The Morgan fingerprint density at radius 2 is 1.77 bits per heavy atom. The van der Waals surface area contributed by atoms with Gasteiger partial charge in [0.2, 0.25) is 22.7 Å². The number of hydrogen-bond acceptors (Lipinski definition) is 6. The molecule has 2 aliphatic rings. The smallest absolute Gasteiger partial charge is 0.242 e. The number of sulfonamides is 1. The van der Waals surface area contributed by atoms with E-state index in [2.05, 4.69) is 5.32 Å². The maximum absolute atomic E-state index is 13.4. The predicted molar refractivity (Wildman–Crippen MR) is 131 cm³/mol. The zero-order valence-corrected chi connectivity index (χ0v) is 20.5. The number of rotatable bonds is 7. The number of ether oxygens (including phenoxy) is 3. The van der Waals surface area contributed by atoms with Crippen molar-refractivity contribution in [3.63, 3.8) is 0 Å². The fourth-order valence-electron chi connectivity index (χ4n) is 4.26. The van der Waals surface area contributed by atoms with Crippen LogP contribution in [-0.4, -0.2) is 46.6 Å². The summed E-state index contributed by atoms with van der Waals surface area (Å²) in [6.07, 6.45) is 1.48. The van der Waals surface area contributed by atoms with Gasteiger partial charge in [-0.25, -0.2) is 12.7 Å². The van der Waals surface area contributed by atoms with Gasteiger partial charge in [0, 0.05) is 25.3 Å². The molecule has 8 nitrogen and oxygen atoms in total. The van der Waals surface area contributed by atoms with Gasteiger partial charge < -0.3 is 19.5 Å². The van der Waals surface area contributed by atoms with Gasteiger partial charge in [0.25, 0.3) is 0 Å². The summed E-state index contributed by atoms with van der Waals surface area (Å²) in [6.45, 7) is 0.184. The SMILES string of the molecule is COc1ccc(NC(=O)C2(c3ccc4c(c3)OCO4)CC2)cc1-c1cccc(S(=O)(=O)N(C)C)c1. The standard InChI is InChI=1S/C26H26N2O6S/c1-28(2)35(30,31)20-6-4-5-17(13-20)21-15-19(8-10-22(21)32-3)27-25(29)26(11-12-26)18-7-9-23-24(14-18)34-16-33-23/h4-10,13-15H,11-12,16H2,1-3H3,(H,27,29). The second-order valence-electron chi connectivity index (χ2n) is 8.83. The molecule has 1 saturated carbocycles. The lowest BCUT2D eigenvalue weighted by molar-refractivity contribution is -0.118. The van der Waals surface area contributed by atoms with Crippen LogP contribution in [0.3, 0.4) is 0 Å². The molecule has 9 heteroatoms. The Balaban J connectivity index is 1.45. The predicted octanol–water partition coefficient (Wildman–Crippen LogP) is 4.01. The average molecular weight is 495 g/mol. The third kappa shape index (κ3) is 4.11. The first-order valence-electron chi connectivity index (χ1n) is 11.2.